The van der Waals surface area contributed by atoms with Crippen LogP contribution in [0.25, 0.3) is 0 Å². The molecule has 1 amide bonds. The Kier molecular flexibility index (Phi) is 5.04. The summed E-state index contributed by atoms with van der Waals surface area (Å²) >= 11 is 5.94. The van der Waals surface area contributed by atoms with Crippen LogP contribution in [0.2, 0.25) is 5.02 Å². The lowest BCUT2D eigenvalue weighted by Crippen LogP contribution is -2.15. The number of carboxylic acids is 1. The minimum atomic E-state index is -1.11. The molecule has 2 aromatic carbocycles. The average Bonchev–Trinajstić information content (AvgIpc) is 3.41. The van der Waals surface area contributed by atoms with Crippen molar-refractivity contribution in [2.24, 2.45) is 5.92 Å². The second-order valence-corrected chi connectivity index (χ2v) is 6.45. The SMILES string of the molecule is COc1ccc(OC)c(C2CC2C(=O)Nc2ccc(C(=O)O)c(Cl)c2)c1. The molecule has 0 radical (unpaired) electrons. The van der Waals surface area contributed by atoms with Gasteiger partial charge in [-0.1, -0.05) is 11.6 Å². The number of carboxylic acid groups (broad SMARTS) is 1. The molecule has 1 fully saturated rings. The molecular formula is C19H18ClNO5. The molecule has 1 aliphatic rings. The Labute approximate surface area is 155 Å². The Hall–Kier alpha value is -2.73. The van der Waals surface area contributed by atoms with Crippen LogP contribution in [0.4, 0.5) is 5.69 Å². The van der Waals surface area contributed by atoms with E-state index in [1.165, 1.54) is 18.2 Å². The number of hydrogen-bond acceptors (Lipinski definition) is 4. The third-order valence-corrected chi connectivity index (χ3v) is 4.74. The molecule has 136 valence electrons. The molecule has 0 saturated heterocycles. The summed E-state index contributed by atoms with van der Waals surface area (Å²) in [5, 5.41) is 11.9. The number of anilines is 1. The molecular weight excluding hydrogens is 358 g/mol. The smallest absolute Gasteiger partial charge is 0.337 e. The minimum Gasteiger partial charge on any atom is -0.497 e. The number of halogens is 1. The van der Waals surface area contributed by atoms with E-state index in [2.05, 4.69) is 5.32 Å². The molecule has 0 bridgehead atoms. The van der Waals surface area contributed by atoms with Crippen LogP contribution in [0.1, 0.15) is 28.3 Å². The fraction of sp³-hybridized carbons (Fsp3) is 0.263. The van der Waals surface area contributed by atoms with E-state index >= 15 is 0 Å². The van der Waals surface area contributed by atoms with Crippen LogP contribution in [0, 0.1) is 5.92 Å². The van der Waals surface area contributed by atoms with Crippen molar-refractivity contribution in [3.8, 4) is 11.5 Å². The molecule has 2 aromatic rings. The Morgan fingerprint density at radius 3 is 2.54 bits per heavy atom. The second-order valence-electron chi connectivity index (χ2n) is 6.05. The summed E-state index contributed by atoms with van der Waals surface area (Å²) < 4.78 is 10.6. The van der Waals surface area contributed by atoms with Crippen LogP contribution in [0.3, 0.4) is 0 Å². The number of amides is 1. The lowest BCUT2D eigenvalue weighted by atomic mass is 10.1. The van der Waals surface area contributed by atoms with Gasteiger partial charge in [-0.2, -0.15) is 0 Å². The van der Waals surface area contributed by atoms with Crippen molar-refractivity contribution >= 4 is 29.2 Å². The molecule has 1 saturated carbocycles. The summed E-state index contributed by atoms with van der Waals surface area (Å²) in [4.78, 5) is 23.5. The van der Waals surface area contributed by atoms with Crippen molar-refractivity contribution in [1.82, 2.24) is 0 Å². The van der Waals surface area contributed by atoms with E-state index < -0.39 is 5.97 Å². The predicted molar refractivity (Wildman–Crippen MR) is 97.4 cm³/mol. The monoisotopic (exact) mass is 375 g/mol. The van der Waals surface area contributed by atoms with Gasteiger partial charge in [-0.15, -0.1) is 0 Å². The molecule has 0 aromatic heterocycles. The molecule has 0 aliphatic heterocycles. The zero-order valence-electron chi connectivity index (χ0n) is 14.3. The molecule has 2 atom stereocenters. The number of carbonyl (C=O) groups is 2. The molecule has 2 unspecified atom stereocenters. The van der Waals surface area contributed by atoms with E-state index in [1.807, 2.05) is 18.2 Å². The van der Waals surface area contributed by atoms with Gasteiger partial charge < -0.3 is 19.9 Å². The van der Waals surface area contributed by atoms with Gasteiger partial charge in [0.05, 0.1) is 24.8 Å². The highest BCUT2D eigenvalue weighted by molar-refractivity contribution is 6.33. The predicted octanol–water partition coefficient (Wildman–Crippen LogP) is 3.80. The van der Waals surface area contributed by atoms with Gasteiger partial charge >= 0.3 is 5.97 Å². The Morgan fingerprint density at radius 2 is 1.92 bits per heavy atom. The molecule has 2 N–H and O–H groups in total. The number of benzene rings is 2. The Morgan fingerprint density at radius 1 is 1.15 bits per heavy atom. The van der Waals surface area contributed by atoms with Gasteiger partial charge in [-0.25, -0.2) is 4.79 Å². The number of aromatic carboxylic acids is 1. The van der Waals surface area contributed by atoms with Crippen LogP contribution < -0.4 is 14.8 Å². The van der Waals surface area contributed by atoms with Crippen LogP contribution in [-0.4, -0.2) is 31.2 Å². The fourth-order valence-corrected chi connectivity index (χ4v) is 3.22. The zero-order chi connectivity index (χ0) is 18.8. The van der Waals surface area contributed by atoms with Gasteiger partial charge in [0.2, 0.25) is 5.91 Å². The van der Waals surface area contributed by atoms with E-state index in [0.717, 1.165) is 11.3 Å². The summed E-state index contributed by atoms with van der Waals surface area (Å²) in [5.74, 6) is 0.0462. The van der Waals surface area contributed by atoms with Crippen molar-refractivity contribution in [3.63, 3.8) is 0 Å². The number of nitrogens with one attached hydrogen (secondary N) is 1. The molecule has 26 heavy (non-hydrogen) atoms. The van der Waals surface area contributed by atoms with Crippen LogP contribution >= 0.6 is 11.6 Å². The molecule has 1 aliphatic carbocycles. The maximum atomic E-state index is 12.5. The zero-order valence-corrected chi connectivity index (χ0v) is 15.0. The quantitative estimate of drug-likeness (QED) is 0.802. The maximum Gasteiger partial charge on any atom is 0.337 e. The number of carbonyl (C=O) groups excluding carboxylic acids is 1. The van der Waals surface area contributed by atoms with Crippen LogP contribution in [-0.2, 0) is 4.79 Å². The highest BCUT2D eigenvalue weighted by Gasteiger charge is 2.45. The first-order valence-electron chi connectivity index (χ1n) is 8.00. The highest BCUT2D eigenvalue weighted by Crippen LogP contribution is 2.51. The first-order valence-corrected chi connectivity index (χ1v) is 8.38. The van der Waals surface area contributed by atoms with Crippen molar-refractivity contribution < 1.29 is 24.2 Å². The molecule has 3 rings (SSSR count). The van der Waals surface area contributed by atoms with Crippen LogP contribution in [0.5, 0.6) is 11.5 Å². The van der Waals surface area contributed by atoms with Gasteiger partial charge in [0.25, 0.3) is 0 Å². The number of ether oxygens (including phenoxy) is 2. The first-order chi connectivity index (χ1) is 12.4. The summed E-state index contributed by atoms with van der Waals surface area (Å²) in [6.45, 7) is 0. The maximum absolute atomic E-state index is 12.5. The van der Waals surface area contributed by atoms with E-state index in [0.29, 0.717) is 17.9 Å². The minimum absolute atomic E-state index is 0.00455. The highest BCUT2D eigenvalue weighted by atomic mass is 35.5. The molecule has 6 nitrogen and oxygen atoms in total. The third-order valence-electron chi connectivity index (χ3n) is 4.43. The summed E-state index contributed by atoms with van der Waals surface area (Å²) in [5.41, 5.74) is 1.40. The lowest BCUT2D eigenvalue weighted by molar-refractivity contribution is -0.117. The Balaban J connectivity index is 1.72. The standard InChI is InChI=1S/C19H18ClNO5/c1-25-11-4-6-17(26-2)14(8-11)13-9-15(13)18(22)21-10-3-5-12(19(23)24)16(20)7-10/h3-8,13,15H,9H2,1-2H3,(H,21,22)(H,23,24). The summed E-state index contributed by atoms with van der Waals surface area (Å²) in [7, 11) is 3.18. The fourth-order valence-electron chi connectivity index (χ4n) is 2.96. The van der Waals surface area contributed by atoms with E-state index in [4.69, 9.17) is 26.2 Å². The van der Waals surface area contributed by atoms with Gasteiger partial charge in [0, 0.05) is 23.1 Å². The van der Waals surface area contributed by atoms with E-state index in [9.17, 15) is 9.59 Å². The van der Waals surface area contributed by atoms with Crippen molar-refractivity contribution in [2.75, 3.05) is 19.5 Å². The lowest BCUT2D eigenvalue weighted by Gasteiger charge is -2.11. The van der Waals surface area contributed by atoms with Gasteiger partial charge in [0.1, 0.15) is 11.5 Å². The first kappa shape index (κ1) is 18.1. The average molecular weight is 376 g/mol. The van der Waals surface area contributed by atoms with E-state index in [-0.39, 0.29) is 28.3 Å². The largest absolute Gasteiger partial charge is 0.497 e. The van der Waals surface area contributed by atoms with Crippen LogP contribution in [0.15, 0.2) is 36.4 Å². The van der Waals surface area contributed by atoms with Crippen molar-refractivity contribution in [2.45, 2.75) is 12.3 Å². The van der Waals surface area contributed by atoms with Crippen molar-refractivity contribution in [3.05, 3.63) is 52.5 Å². The molecule has 7 heteroatoms. The molecule has 0 heterocycles. The second kappa shape index (κ2) is 7.25. The Bertz CT molecular complexity index is 867. The number of methoxy groups -OCH3 is 2. The number of hydrogen-bond donors (Lipinski definition) is 2. The summed E-state index contributed by atoms with van der Waals surface area (Å²) in [6.07, 6.45) is 0.705. The van der Waals surface area contributed by atoms with Crippen molar-refractivity contribution in [1.29, 1.82) is 0 Å². The van der Waals surface area contributed by atoms with E-state index in [1.54, 1.807) is 14.2 Å². The van der Waals surface area contributed by atoms with Gasteiger partial charge in [-0.05, 0) is 42.8 Å². The summed E-state index contributed by atoms with van der Waals surface area (Å²) in [6, 6.07) is 9.85. The molecule has 0 spiro atoms. The number of rotatable bonds is 6. The topological polar surface area (TPSA) is 84.9 Å². The normalized spacial score (nSPS) is 18.1. The van der Waals surface area contributed by atoms with Gasteiger partial charge in [0.15, 0.2) is 0 Å². The third kappa shape index (κ3) is 3.60. The van der Waals surface area contributed by atoms with Gasteiger partial charge in [-0.3, -0.25) is 4.79 Å².